The lowest BCUT2D eigenvalue weighted by Gasteiger charge is -2.40. The lowest BCUT2D eigenvalue weighted by atomic mass is 9.87. The summed E-state index contributed by atoms with van der Waals surface area (Å²) >= 11 is 12.3. The first-order valence-electron chi connectivity index (χ1n) is 14.4. The predicted molar refractivity (Wildman–Crippen MR) is 161 cm³/mol. The highest BCUT2D eigenvalue weighted by molar-refractivity contribution is 6.30. The van der Waals surface area contributed by atoms with E-state index >= 15 is 4.39 Å². The van der Waals surface area contributed by atoms with E-state index in [0.29, 0.717) is 39.7 Å². The van der Waals surface area contributed by atoms with Gasteiger partial charge in [0.1, 0.15) is 5.82 Å². The van der Waals surface area contributed by atoms with E-state index in [9.17, 15) is 15.0 Å². The minimum Gasteiger partial charge on any atom is -0.387 e. The zero-order chi connectivity index (χ0) is 30.6. The van der Waals surface area contributed by atoms with Crippen LogP contribution < -0.4 is 0 Å². The number of carbonyl (C=O) groups is 1. The van der Waals surface area contributed by atoms with Crippen LogP contribution in [0.2, 0.25) is 10.0 Å². The average Bonchev–Trinajstić information content (AvgIpc) is 3.66. The Morgan fingerprint density at radius 1 is 1.05 bits per heavy atom. The van der Waals surface area contributed by atoms with Gasteiger partial charge in [-0.05, 0) is 68.8 Å². The van der Waals surface area contributed by atoms with Gasteiger partial charge < -0.3 is 19.8 Å². The Bertz CT molecular complexity index is 1510. The molecular formula is C32H35Cl2FN4O4. The van der Waals surface area contributed by atoms with Gasteiger partial charge in [-0.2, -0.15) is 0 Å². The van der Waals surface area contributed by atoms with Gasteiger partial charge in [0.05, 0.1) is 46.2 Å². The summed E-state index contributed by atoms with van der Waals surface area (Å²) in [6, 6.07) is 12.9. The number of halogens is 3. The number of piperazine rings is 1. The Morgan fingerprint density at radius 3 is 2.35 bits per heavy atom. The molecule has 1 unspecified atom stereocenters. The van der Waals surface area contributed by atoms with E-state index in [1.54, 1.807) is 49.4 Å². The van der Waals surface area contributed by atoms with Crippen LogP contribution in [0.25, 0.3) is 0 Å². The van der Waals surface area contributed by atoms with Crippen molar-refractivity contribution in [3.05, 3.63) is 98.5 Å². The lowest BCUT2D eigenvalue weighted by molar-refractivity contribution is -0.139. The number of pyridine rings is 1. The van der Waals surface area contributed by atoms with E-state index in [0.717, 1.165) is 26.2 Å². The predicted octanol–water partition coefficient (Wildman–Crippen LogP) is 4.38. The van der Waals surface area contributed by atoms with Gasteiger partial charge in [0.25, 0.3) is 5.91 Å². The van der Waals surface area contributed by atoms with Crippen molar-refractivity contribution in [2.45, 2.75) is 43.2 Å². The number of likely N-dealkylation sites (N-methyl/N-ethyl adjacent to an activating group) is 1. The highest BCUT2D eigenvalue weighted by Gasteiger charge is 2.56. The molecule has 2 fully saturated rings. The fourth-order valence-electron chi connectivity index (χ4n) is 5.97. The van der Waals surface area contributed by atoms with Crippen molar-refractivity contribution in [2.75, 3.05) is 46.4 Å². The summed E-state index contributed by atoms with van der Waals surface area (Å²) in [5, 5.41) is 23.3. The monoisotopic (exact) mass is 628 g/mol. The Labute approximate surface area is 260 Å². The van der Waals surface area contributed by atoms with Crippen LogP contribution in [0.15, 0.2) is 54.7 Å². The maximum atomic E-state index is 16.6. The topological polar surface area (TPSA) is 89.4 Å². The van der Waals surface area contributed by atoms with Crippen LogP contribution in [0.3, 0.4) is 0 Å². The van der Waals surface area contributed by atoms with Crippen molar-refractivity contribution in [2.24, 2.45) is 0 Å². The maximum absolute atomic E-state index is 16.6. The quantitative estimate of drug-likeness (QED) is 0.363. The van der Waals surface area contributed by atoms with Crippen LogP contribution >= 0.6 is 23.2 Å². The number of amides is 1. The van der Waals surface area contributed by atoms with E-state index in [1.165, 1.54) is 17.2 Å². The number of aliphatic hydroxyl groups is 2. The number of hydrogen-bond acceptors (Lipinski definition) is 7. The Kier molecular flexibility index (Phi) is 8.04. The van der Waals surface area contributed by atoms with Crippen LogP contribution in [0.4, 0.5) is 4.39 Å². The van der Waals surface area contributed by atoms with Gasteiger partial charge in [-0.25, -0.2) is 4.39 Å². The molecule has 6 rings (SSSR count). The zero-order valence-electron chi connectivity index (χ0n) is 24.2. The van der Waals surface area contributed by atoms with E-state index in [1.807, 2.05) is 0 Å². The molecule has 1 aromatic heterocycles. The first-order chi connectivity index (χ1) is 20.4. The summed E-state index contributed by atoms with van der Waals surface area (Å²) in [7, 11) is 2.05. The summed E-state index contributed by atoms with van der Waals surface area (Å²) in [4.78, 5) is 24.5. The Morgan fingerprint density at radius 2 is 1.72 bits per heavy atom. The van der Waals surface area contributed by atoms with Gasteiger partial charge in [0, 0.05) is 49.5 Å². The summed E-state index contributed by atoms with van der Waals surface area (Å²) in [5.74, 6) is -1.18. The van der Waals surface area contributed by atoms with Gasteiger partial charge in [0.15, 0.2) is 5.72 Å². The number of β-amino-alcohol motifs (C(OH)–C–C–N with tert-alkyl or cyclic N) is 1. The third-order valence-electron chi connectivity index (χ3n) is 8.76. The molecule has 1 saturated heterocycles. The van der Waals surface area contributed by atoms with Gasteiger partial charge in [-0.1, -0.05) is 35.3 Å². The summed E-state index contributed by atoms with van der Waals surface area (Å²) < 4.78 is 23.2. The molecule has 0 radical (unpaired) electrons. The van der Waals surface area contributed by atoms with Crippen LogP contribution in [-0.2, 0) is 22.6 Å². The molecule has 228 valence electrons. The van der Waals surface area contributed by atoms with Gasteiger partial charge >= 0.3 is 0 Å². The molecule has 2 atom stereocenters. The van der Waals surface area contributed by atoms with E-state index < -0.39 is 28.7 Å². The van der Waals surface area contributed by atoms with Gasteiger partial charge in [0.2, 0.25) is 0 Å². The van der Waals surface area contributed by atoms with Gasteiger partial charge in [-0.15, -0.1) is 0 Å². The highest BCUT2D eigenvalue weighted by Crippen LogP contribution is 2.50. The molecular weight excluding hydrogens is 594 g/mol. The zero-order valence-corrected chi connectivity index (χ0v) is 25.7. The minimum absolute atomic E-state index is 0.0252. The van der Waals surface area contributed by atoms with Crippen LogP contribution in [0, 0.1) is 5.82 Å². The number of rotatable bonds is 9. The minimum atomic E-state index is -1.73. The van der Waals surface area contributed by atoms with Crippen LogP contribution in [0.1, 0.15) is 52.5 Å². The molecule has 11 heteroatoms. The molecule has 0 bridgehead atoms. The van der Waals surface area contributed by atoms with Crippen molar-refractivity contribution in [3.8, 4) is 0 Å². The number of nitrogens with zero attached hydrogens (tertiary/aromatic N) is 4. The smallest absolute Gasteiger partial charge is 0.257 e. The molecule has 2 aromatic carbocycles. The second-order valence-corrected chi connectivity index (χ2v) is 13.1. The first-order valence-corrected chi connectivity index (χ1v) is 15.2. The van der Waals surface area contributed by atoms with E-state index in [-0.39, 0.29) is 30.8 Å². The molecule has 3 heterocycles. The van der Waals surface area contributed by atoms with Gasteiger partial charge in [-0.3, -0.25) is 19.6 Å². The fraction of sp³-hybridized carbons (Fsp3) is 0.438. The number of benzene rings is 2. The molecule has 1 saturated carbocycles. The molecule has 3 aromatic rings. The Hall–Kier alpha value is -2.63. The SMILES string of the molecule is CN1CCN(CC(C)(O)c2cc(F)c3c(c2)C(=O)N(Cc2ccc(Cl)cn2)[C@@]3(OCC2(O)CC2)c2ccc(Cl)cc2)CC1. The molecule has 3 aliphatic rings. The second-order valence-electron chi connectivity index (χ2n) is 12.3. The fourth-order valence-corrected chi connectivity index (χ4v) is 6.21. The van der Waals surface area contributed by atoms with Crippen molar-refractivity contribution in [1.82, 2.24) is 19.7 Å². The largest absolute Gasteiger partial charge is 0.387 e. The first kappa shape index (κ1) is 30.4. The number of carbonyl (C=O) groups excluding carboxylic acids is 1. The van der Waals surface area contributed by atoms with Crippen molar-refractivity contribution >= 4 is 29.1 Å². The number of fused-ring (bicyclic) bond motifs is 1. The number of aromatic nitrogens is 1. The average molecular weight is 630 g/mol. The summed E-state index contributed by atoms with van der Waals surface area (Å²) in [6.45, 7) is 5.08. The normalized spacial score (nSPS) is 23.3. The number of ether oxygens (including phenoxy) is 1. The molecule has 2 aliphatic heterocycles. The molecule has 1 aliphatic carbocycles. The van der Waals surface area contributed by atoms with Crippen molar-refractivity contribution in [1.29, 1.82) is 0 Å². The lowest BCUT2D eigenvalue weighted by Crippen LogP contribution is -2.49. The van der Waals surface area contributed by atoms with E-state index in [4.69, 9.17) is 27.9 Å². The third kappa shape index (κ3) is 5.92. The number of hydrogen-bond donors (Lipinski definition) is 2. The molecule has 8 nitrogen and oxygen atoms in total. The molecule has 1 amide bonds. The third-order valence-corrected chi connectivity index (χ3v) is 9.23. The summed E-state index contributed by atoms with van der Waals surface area (Å²) in [5.41, 5.74) is -2.82. The maximum Gasteiger partial charge on any atom is 0.257 e. The second kappa shape index (κ2) is 11.4. The Balaban J connectivity index is 1.47. The van der Waals surface area contributed by atoms with Crippen molar-refractivity contribution < 1.29 is 24.1 Å². The summed E-state index contributed by atoms with van der Waals surface area (Å²) in [6.07, 6.45) is 2.57. The van der Waals surface area contributed by atoms with E-state index in [2.05, 4.69) is 21.8 Å². The molecule has 0 spiro atoms. The standard InChI is InChI=1S/C32H35Cl2FN4O4/c1-30(41,19-38-13-11-37(2)12-14-38)22-15-26-28(27(35)16-22)32(43-20-31(42)9-10-31,21-3-5-23(33)6-4-21)39(29(26)40)18-25-8-7-24(34)17-36-25/h3-8,15-17,41-42H,9-14,18-20H2,1-2H3/t30?,32-/m1/s1. The highest BCUT2D eigenvalue weighted by atomic mass is 35.5. The van der Waals surface area contributed by atoms with Crippen LogP contribution in [-0.4, -0.2) is 87.8 Å². The van der Waals surface area contributed by atoms with Crippen molar-refractivity contribution in [3.63, 3.8) is 0 Å². The molecule has 43 heavy (non-hydrogen) atoms. The molecule has 2 N–H and O–H groups in total. The van der Waals surface area contributed by atoms with Crippen LogP contribution in [0.5, 0.6) is 0 Å².